The number of hydrogen-bond acceptors (Lipinski definition) is 3. The Morgan fingerprint density at radius 1 is 1.15 bits per heavy atom. The van der Waals surface area contributed by atoms with E-state index in [1.807, 2.05) is 6.26 Å². The Balaban J connectivity index is 2.27. The van der Waals surface area contributed by atoms with E-state index in [-0.39, 0.29) is 5.56 Å². The third-order valence-corrected chi connectivity index (χ3v) is 3.62. The minimum absolute atomic E-state index is 0.326. The number of rotatable bonds is 4. The van der Waals surface area contributed by atoms with Crippen molar-refractivity contribution < 1.29 is 18.7 Å². The fourth-order valence-corrected chi connectivity index (χ4v) is 2.18. The van der Waals surface area contributed by atoms with Gasteiger partial charge in [0, 0.05) is 11.0 Å². The zero-order valence-corrected chi connectivity index (χ0v) is 11.5. The Kier molecular flexibility index (Phi) is 4.52. The predicted octanol–water partition coefficient (Wildman–Crippen LogP) is 3.60. The van der Waals surface area contributed by atoms with Gasteiger partial charge in [0.2, 0.25) is 0 Å². The molecule has 0 saturated carbocycles. The number of carbonyl (C=O) groups is 1. The highest BCUT2D eigenvalue weighted by Gasteiger charge is 2.22. The van der Waals surface area contributed by atoms with Crippen molar-refractivity contribution in [2.45, 2.75) is 11.0 Å². The lowest BCUT2D eigenvalue weighted by Gasteiger charge is -2.11. The highest BCUT2D eigenvalue weighted by Crippen LogP contribution is 2.23. The quantitative estimate of drug-likeness (QED) is 0.691. The molecule has 0 spiro atoms. The monoisotopic (exact) mass is 294 g/mol. The Bertz CT molecular complexity index is 626. The SMILES string of the molecule is CSc1ccc(C(O)C(=O)c2ccc(F)cc2F)cc1. The molecular weight excluding hydrogens is 282 g/mol. The van der Waals surface area contributed by atoms with Crippen molar-refractivity contribution in [1.82, 2.24) is 0 Å². The van der Waals surface area contributed by atoms with Crippen molar-refractivity contribution in [3.63, 3.8) is 0 Å². The Morgan fingerprint density at radius 3 is 2.35 bits per heavy atom. The number of Topliss-reactive ketones (excluding diaryl/α,β-unsaturated/α-hetero) is 1. The Hall–Kier alpha value is -1.72. The van der Waals surface area contributed by atoms with Gasteiger partial charge in [-0.1, -0.05) is 12.1 Å². The molecule has 0 aliphatic heterocycles. The van der Waals surface area contributed by atoms with Gasteiger partial charge in [0.15, 0.2) is 5.78 Å². The summed E-state index contributed by atoms with van der Waals surface area (Å²) in [5, 5.41) is 9.98. The second-order valence-corrected chi connectivity index (χ2v) is 5.04. The fourth-order valence-electron chi connectivity index (χ4n) is 1.77. The lowest BCUT2D eigenvalue weighted by molar-refractivity contribution is 0.0743. The summed E-state index contributed by atoms with van der Waals surface area (Å²) in [7, 11) is 0. The summed E-state index contributed by atoms with van der Waals surface area (Å²) in [6.45, 7) is 0. The van der Waals surface area contributed by atoms with Crippen LogP contribution in [0.4, 0.5) is 8.78 Å². The van der Waals surface area contributed by atoms with Gasteiger partial charge in [-0.25, -0.2) is 8.78 Å². The van der Waals surface area contributed by atoms with Gasteiger partial charge in [-0.3, -0.25) is 4.79 Å². The van der Waals surface area contributed by atoms with Gasteiger partial charge in [-0.05, 0) is 36.1 Å². The molecule has 0 bridgehead atoms. The minimum atomic E-state index is -1.47. The third kappa shape index (κ3) is 3.05. The van der Waals surface area contributed by atoms with Crippen LogP contribution in [-0.4, -0.2) is 17.1 Å². The van der Waals surface area contributed by atoms with Crippen LogP contribution >= 0.6 is 11.8 Å². The van der Waals surface area contributed by atoms with Crippen LogP contribution in [0, 0.1) is 11.6 Å². The highest BCUT2D eigenvalue weighted by molar-refractivity contribution is 7.98. The molecule has 1 unspecified atom stereocenters. The van der Waals surface area contributed by atoms with Crippen LogP contribution in [0.15, 0.2) is 47.4 Å². The van der Waals surface area contributed by atoms with E-state index in [0.29, 0.717) is 11.6 Å². The first-order chi connectivity index (χ1) is 9.52. The van der Waals surface area contributed by atoms with Gasteiger partial charge in [0.1, 0.15) is 17.7 Å². The van der Waals surface area contributed by atoms with Crippen LogP contribution in [0.1, 0.15) is 22.0 Å². The Labute approximate surface area is 119 Å². The third-order valence-electron chi connectivity index (χ3n) is 2.88. The zero-order valence-electron chi connectivity index (χ0n) is 10.6. The van der Waals surface area contributed by atoms with Gasteiger partial charge >= 0.3 is 0 Å². The van der Waals surface area contributed by atoms with Gasteiger partial charge < -0.3 is 5.11 Å². The maximum atomic E-state index is 13.5. The largest absolute Gasteiger partial charge is 0.380 e. The van der Waals surface area contributed by atoms with Crippen molar-refractivity contribution in [1.29, 1.82) is 0 Å². The zero-order chi connectivity index (χ0) is 14.7. The van der Waals surface area contributed by atoms with Crippen LogP contribution in [0.2, 0.25) is 0 Å². The lowest BCUT2D eigenvalue weighted by atomic mass is 9.99. The van der Waals surface area contributed by atoms with E-state index in [0.717, 1.165) is 17.0 Å². The number of hydrogen-bond donors (Lipinski definition) is 1. The minimum Gasteiger partial charge on any atom is -0.380 e. The summed E-state index contributed by atoms with van der Waals surface area (Å²) < 4.78 is 26.3. The van der Waals surface area contributed by atoms with E-state index in [2.05, 4.69) is 0 Å². The summed E-state index contributed by atoms with van der Waals surface area (Å²) in [6, 6.07) is 9.38. The molecule has 0 saturated heterocycles. The molecule has 2 aromatic carbocycles. The molecule has 2 aromatic rings. The molecule has 0 aromatic heterocycles. The van der Waals surface area contributed by atoms with Gasteiger partial charge in [-0.15, -0.1) is 11.8 Å². The van der Waals surface area contributed by atoms with Crippen molar-refractivity contribution in [3.05, 3.63) is 65.2 Å². The molecule has 0 aliphatic carbocycles. The summed E-state index contributed by atoms with van der Waals surface area (Å²) in [5.74, 6) is -2.54. The molecule has 2 nitrogen and oxygen atoms in total. The van der Waals surface area contributed by atoms with Crippen LogP contribution in [0.5, 0.6) is 0 Å². The van der Waals surface area contributed by atoms with Crippen LogP contribution in [-0.2, 0) is 0 Å². The van der Waals surface area contributed by atoms with Crippen LogP contribution in [0.25, 0.3) is 0 Å². The average molecular weight is 294 g/mol. The first kappa shape index (κ1) is 14.7. The maximum absolute atomic E-state index is 13.5. The second kappa shape index (κ2) is 6.15. The first-order valence-electron chi connectivity index (χ1n) is 5.84. The number of thioether (sulfide) groups is 1. The fraction of sp³-hybridized carbons (Fsp3) is 0.133. The number of benzene rings is 2. The van der Waals surface area contributed by atoms with E-state index in [1.54, 1.807) is 24.3 Å². The number of carbonyl (C=O) groups excluding carboxylic acids is 1. The molecule has 0 fully saturated rings. The Morgan fingerprint density at radius 2 is 1.80 bits per heavy atom. The number of aliphatic hydroxyl groups excluding tert-OH is 1. The molecular formula is C15H12F2O2S. The van der Waals surface area contributed by atoms with Crippen molar-refractivity contribution in [2.75, 3.05) is 6.26 Å². The molecule has 0 amide bonds. The van der Waals surface area contributed by atoms with E-state index >= 15 is 0 Å². The molecule has 0 heterocycles. The van der Waals surface area contributed by atoms with Crippen molar-refractivity contribution >= 4 is 17.5 Å². The summed E-state index contributed by atoms with van der Waals surface area (Å²) >= 11 is 1.53. The normalized spacial score (nSPS) is 12.2. The van der Waals surface area contributed by atoms with E-state index < -0.39 is 23.5 Å². The molecule has 1 N–H and O–H groups in total. The van der Waals surface area contributed by atoms with Crippen molar-refractivity contribution in [3.8, 4) is 0 Å². The van der Waals surface area contributed by atoms with Gasteiger partial charge in [-0.2, -0.15) is 0 Å². The number of ketones is 1. The van der Waals surface area contributed by atoms with Crippen LogP contribution in [0.3, 0.4) is 0 Å². The highest BCUT2D eigenvalue weighted by atomic mass is 32.2. The predicted molar refractivity (Wildman–Crippen MR) is 73.9 cm³/mol. The molecule has 104 valence electrons. The molecule has 1 atom stereocenters. The molecule has 0 radical (unpaired) electrons. The summed E-state index contributed by atoms with van der Waals surface area (Å²) in [4.78, 5) is 13.0. The second-order valence-electron chi connectivity index (χ2n) is 4.16. The van der Waals surface area contributed by atoms with Crippen molar-refractivity contribution in [2.24, 2.45) is 0 Å². The van der Waals surface area contributed by atoms with E-state index in [1.165, 1.54) is 11.8 Å². The van der Waals surface area contributed by atoms with E-state index in [9.17, 15) is 18.7 Å². The van der Waals surface area contributed by atoms with Gasteiger partial charge in [0.25, 0.3) is 0 Å². The summed E-state index contributed by atoms with van der Waals surface area (Å²) in [6.07, 6.45) is 0.440. The number of aliphatic hydroxyl groups is 1. The molecule has 5 heteroatoms. The molecule has 2 rings (SSSR count). The topological polar surface area (TPSA) is 37.3 Å². The van der Waals surface area contributed by atoms with Crippen LogP contribution < -0.4 is 0 Å². The average Bonchev–Trinajstić information content (AvgIpc) is 2.46. The maximum Gasteiger partial charge on any atom is 0.198 e. The number of halogens is 2. The van der Waals surface area contributed by atoms with Gasteiger partial charge in [0.05, 0.1) is 5.56 Å². The standard InChI is InChI=1S/C15H12F2O2S/c1-20-11-5-2-9(3-6-11)14(18)15(19)12-7-4-10(16)8-13(12)17/h2-8,14,18H,1H3. The van der Waals surface area contributed by atoms with E-state index in [4.69, 9.17) is 0 Å². The first-order valence-corrected chi connectivity index (χ1v) is 7.06. The molecule has 20 heavy (non-hydrogen) atoms. The smallest absolute Gasteiger partial charge is 0.198 e. The summed E-state index contributed by atoms with van der Waals surface area (Å²) in [5.41, 5.74) is 0.0457. The lowest BCUT2D eigenvalue weighted by Crippen LogP contribution is -2.14. The molecule has 0 aliphatic rings.